The monoisotopic (exact) mass is 347 g/mol. The molecule has 0 amide bonds. The summed E-state index contributed by atoms with van der Waals surface area (Å²) in [6, 6.07) is 19.4. The number of ether oxygens (including phenoxy) is 1. The van der Waals surface area contributed by atoms with E-state index >= 15 is 0 Å². The Labute approximate surface area is 157 Å². The molecule has 1 unspecified atom stereocenters. The average Bonchev–Trinajstić information content (AvgIpc) is 2.87. The Kier molecular flexibility index (Phi) is 4.34. The standard InChI is InChI=1S/C24H29NO/c1-25-19-13-14-20(25)16-21(15-19)26-24-22-11-4-2-7-17(22)9-6-10-18-8-3-5-12-23(18)24/h2-5,7-8,11-12,19-21,24H,6,9-10,13-16H2,1H3/t19-,20+,21?. The van der Waals surface area contributed by atoms with E-state index in [1.165, 1.54) is 54.4 Å². The molecule has 2 nitrogen and oxygen atoms in total. The van der Waals surface area contributed by atoms with Gasteiger partial charge in [0, 0.05) is 12.1 Å². The molecule has 0 N–H and O–H groups in total. The summed E-state index contributed by atoms with van der Waals surface area (Å²) in [5.74, 6) is 0. The topological polar surface area (TPSA) is 12.5 Å². The first-order chi connectivity index (χ1) is 12.8. The molecule has 2 aliphatic heterocycles. The predicted octanol–water partition coefficient (Wildman–Crippen LogP) is 4.91. The summed E-state index contributed by atoms with van der Waals surface area (Å²) in [4.78, 5) is 2.60. The maximum absolute atomic E-state index is 6.92. The lowest BCUT2D eigenvalue weighted by Gasteiger charge is -2.38. The van der Waals surface area contributed by atoms with Gasteiger partial charge in [-0.05, 0) is 74.2 Å². The molecule has 0 saturated carbocycles. The van der Waals surface area contributed by atoms with Crippen LogP contribution in [0.2, 0.25) is 0 Å². The van der Waals surface area contributed by atoms with Gasteiger partial charge < -0.3 is 9.64 Å². The molecule has 2 fully saturated rings. The summed E-state index contributed by atoms with van der Waals surface area (Å²) < 4.78 is 6.92. The van der Waals surface area contributed by atoms with Gasteiger partial charge in [0.25, 0.3) is 0 Å². The van der Waals surface area contributed by atoms with E-state index in [1.807, 2.05) is 0 Å². The van der Waals surface area contributed by atoms with E-state index in [4.69, 9.17) is 4.74 Å². The number of benzene rings is 2. The summed E-state index contributed by atoms with van der Waals surface area (Å²) in [6.45, 7) is 0. The number of rotatable bonds is 2. The second kappa shape index (κ2) is 6.83. The van der Waals surface area contributed by atoms with Crippen molar-refractivity contribution in [1.29, 1.82) is 0 Å². The van der Waals surface area contributed by atoms with Gasteiger partial charge in [0.05, 0.1) is 6.10 Å². The third-order valence-electron chi connectivity index (χ3n) is 6.95. The highest BCUT2D eigenvalue weighted by Gasteiger charge is 2.40. The lowest BCUT2D eigenvalue weighted by atomic mass is 9.86. The molecule has 2 aromatic carbocycles. The van der Waals surface area contributed by atoms with Crippen LogP contribution in [0.4, 0.5) is 0 Å². The molecule has 3 atom stereocenters. The molecular weight excluding hydrogens is 318 g/mol. The fourth-order valence-electron chi connectivity index (χ4n) is 5.48. The van der Waals surface area contributed by atoms with E-state index in [2.05, 4.69) is 60.5 Å². The fourth-order valence-corrected chi connectivity index (χ4v) is 5.48. The molecule has 2 bridgehead atoms. The van der Waals surface area contributed by atoms with Gasteiger partial charge in [0.2, 0.25) is 0 Å². The summed E-state index contributed by atoms with van der Waals surface area (Å²) >= 11 is 0. The first kappa shape index (κ1) is 16.5. The van der Waals surface area contributed by atoms with Crippen LogP contribution in [-0.4, -0.2) is 30.1 Å². The zero-order valence-corrected chi connectivity index (χ0v) is 15.7. The second-order valence-electron chi connectivity index (χ2n) is 8.41. The third kappa shape index (κ3) is 2.90. The third-order valence-corrected chi connectivity index (χ3v) is 6.95. The van der Waals surface area contributed by atoms with E-state index in [0.29, 0.717) is 6.10 Å². The quantitative estimate of drug-likeness (QED) is 0.765. The molecule has 2 aromatic rings. The molecule has 0 aromatic heterocycles. The van der Waals surface area contributed by atoms with Crippen LogP contribution in [0.3, 0.4) is 0 Å². The van der Waals surface area contributed by atoms with Crippen LogP contribution >= 0.6 is 0 Å². The van der Waals surface area contributed by atoms with Crippen LogP contribution in [0.1, 0.15) is 60.5 Å². The van der Waals surface area contributed by atoms with Crippen molar-refractivity contribution in [3.63, 3.8) is 0 Å². The van der Waals surface area contributed by atoms with Gasteiger partial charge in [-0.25, -0.2) is 0 Å². The average molecular weight is 348 g/mol. The molecular formula is C24H29NO. The smallest absolute Gasteiger partial charge is 0.108 e. The molecule has 2 heteroatoms. The van der Waals surface area contributed by atoms with Crippen LogP contribution in [0, 0.1) is 0 Å². The van der Waals surface area contributed by atoms with Gasteiger partial charge in [-0.15, -0.1) is 0 Å². The van der Waals surface area contributed by atoms with Crippen molar-refractivity contribution in [3.05, 3.63) is 70.8 Å². The summed E-state index contributed by atoms with van der Waals surface area (Å²) in [5.41, 5.74) is 5.74. The van der Waals surface area contributed by atoms with E-state index in [1.54, 1.807) is 0 Å². The van der Waals surface area contributed by atoms with E-state index in [9.17, 15) is 0 Å². The maximum atomic E-state index is 6.92. The van der Waals surface area contributed by atoms with Crippen molar-refractivity contribution in [2.45, 2.75) is 69.2 Å². The highest BCUT2D eigenvalue weighted by atomic mass is 16.5. The Hall–Kier alpha value is -1.64. The van der Waals surface area contributed by atoms with Crippen LogP contribution in [0.5, 0.6) is 0 Å². The van der Waals surface area contributed by atoms with Crippen LogP contribution < -0.4 is 0 Å². The number of fused-ring (bicyclic) bond motifs is 4. The Balaban J connectivity index is 1.50. The minimum Gasteiger partial charge on any atom is -0.365 e. The minimum atomic E-state index is 0.0931. The SMILES string of the molecule is CN1[C@@H]2CC[C@H]1CC(OC1c3ccccc3CCCc3ccccc31)C2. The van der Waals surface area contributed by atoms with Crippen LogP contribution in [-0.2, 0) is 17.6 Å². The summed E-state index contributed by atoms with van der Waals surface area (Å²) in [6.07, 6.45) is 9.08. The molecule has 3 aliphatic rings. The number of aryl methyl sites for hydroxylation is 2. The normalized spacial score (nSPS) is 28.9. The fraction of sp³-hybridized carbons (Fsp3) is 0.500. The van der Waals surface area contributed by atoms with Crippen LogP contribution in [0.15, 0.2) is 48.5 Å². The van der Waals surface area contributed by atoms with Crippen molar-refractivity contribution >= 4 is 0 Å². The Morgan fingerprint density at radius 3 is 1.92 bits per heavy atom. The number of nitrogens with zero attached hydrogens (tertiary/aromatic N) is 1. The summed E-state index contributed by atoms with van der Waals surface area (Å²) in [7, 11) is 2.30. The number of hydrogen-bond acceptors (Lipinski definition) is 2. The Bertz CT molecular complexity index is 724. The van der Waals surface area contributed by atoms with Gasteiger partial charge in [-0.3, -0.25) is 0 Å². The molecule has 26 heavy (non-hydrogen) atoms. The lowest BCUT2D eigenvalue weighted by molar-refractivity contribution is -0.0433. The van der Waals surface area contributed by atoms with Crippen molar-refractivity contribution < 1.29 is 4.74 Å². The zero-order valence-electron chi connectivity index (χ0n) is 15.7. The number of hydrogen-bond donors (Lipinski definition) is 0. The Morgan fingerprint density at radius 1 is 0.808 bits per heavy atom. The van der Waals surface area contributed by atoms with Crippen molar-refractivity contribution in [3.8, 4) is 0 Å². The van der Waals surface area contributed by atoms with E-state index in [-0.39, 0.29) is 6.10 Å². The molecule has 5 rings (SSSR count). The molecule has 136 valence electrons. The van der Waals surface area contributed by atoms with Crippen LogP contribution in [0.25, 0.3) is 0 Å². The maximum Gasteiger partial charge on any atom is 0.108 e. The first-order valence-corrected chi connectivity index (χ1v) is 10.3. The summed E-state index contributed by atoms with van der Waals surface area (Å²) in [5, 5.41) is 0. The molecule has 2 saturated heterocycles. The van der Waals surface area contributed by atoms with Crippen molar-refractivity contribution in [2.24, 2.45) is 0 Å². The van der Waals surface area contributed by atoms with Gasteiger partial charge in [-0.2, -0.15) is 0 Å². The highest BCUT2D eigenvalue weighted by molar-refractivity contribution is 5.41. The highest BCUT2D eigenvalue weighted by Crippen LogP contribution is 2.40. The first-order valence-electron chi connectivity index (χ1n) is 10.3. The van der Waals surface area contributed by atoms with Gasteiger partial charge >= 0.3 is 0 Å². The largest absolute Gasteiger partial charge is 0.365 e. The van der Waals surface area contributed by atoms with Crippen molar-refractivity contribution in [1.82, 2.24) is 4.90 Å². The van der Waals surface area contributed by atoms with Gasteiger partial charge in [0.1, 0.15) is 6.10 Å². The second-order valence-corrected chi connectivity index (χ2v) is 8.41. The predicted molar refractivity (Wildman–Crippen MR) is 105 cm³/mol. The molecule has 0 radical (unpaired) electrons. The van der Waals surface area contributed by atoms with Gasteiger partial charge in [-0.1, -0.05) is 48.5 Å². The lowest BCUT2D eigenvalue weighted by Crippen LogP contribution is -2.43. The molecule has 1 aliphatic carbocycles. The minimum absolute atomic E-state index is 0.0931. The van der Waals surface area contributed by atoms with E-state index < -0.39 is 0 Å². The van der Waals surface area contributed by atoms with E-state index in [0.717, 1.165) is 24.9 Å². The zero-order chi connectivity index (χ0) is 17.5. The Morgan fingerprint density at radius 2 is 1.35 bits per heavy atom. The van der Waals surface area contributed by atoms with Gasteiger partial charge in [0.15, 0.2) is 0 Å². The van der Waals surface area contributed by atoms with Crippen molar-refractivity contribution in [2.75, 3.05) is 7.05 Å². The molecule has 2 heterocycles. The number of piperidine rings is 1. The molecule has 0 spiro atoms.